The molecule has 0 aliphatic heterocycles. The number of nitrogens with two attached hydrogens (primary N) is 1. The highest BCUT2D eigenvalue weighted by atomic mass is 19.4. The Labute approximate surface area is 198 Å². The van der Waals surface area contributed by atoms with E-state index in [0.717, 1.165) is 37.8 Å². The summed E-state index contributed by atoms with van der Waals surface area (Å²) in [5, 5.41) is 19.2. The molecule has 11 nitrogen and oxygen atoms in total. The predicted octanol–water partition coefficient (Wildman–Crippen LogP) is 2.78. The van der Waals surface area contributed by atoms with E-state index in [9.17, 15) is 18.0 Å². The molecule has 1 aliphatic rings. The predicted molar refractivity (Wildman–Crippen MR) is 118 cm³/mol. The second kappa shape index (κ2) is 10.2. The molecular formula is C21H24F3N9O2. The Morgan fingerprint density at radius 1 is 1.26 bits per heavy atom. The second-order valence-electron chi connectivity index (χ2n) is 8.30. The molecule has 1 saturated carbocycles. The summed E-state index contributed by atoms with van der Waals surface area (Å²) in [4.78, 5) is 15.0. The maximum atomic E-state index is 12.9. The van der Waals surface area contributed by atoms with E-state index in [-0.39, 0.29) is 17.3 Å². The molecular weight excluding hydrogens is 467 g/mol. The standard InChI is InChI=1S/C21H24F3N9O2/c1-32(15-5-3-2-4-6-15)12-16-17(27-31-33(16)19-18(25)29-35-30-19)20(34)28-26-11-13-7-9-14(10-8-13)21(22,23)24/h7-11,15H,2-6,12H2,1H3,(H2,25,29)(H,28,34)/b26-11+. The number of benzene rings is 1. The van der Waals surface area contributed by atoms with Crippen molar-refractivity contribution in [2.75, 3.05) is 12.8 Å². The van der Waals surface area contributed by atoms with Gasteiger partial charge in [-0.05, 0) is 47.9 Å². The van der Waals surface area contributed by atoms with Crippen LogP contribution in [0.3, 0.4) is 0 Å². The normalized spacial score (nSPS) is 15.2. The highest BCUT2D eigenvalue weighted by Gasteiger charge is 2.30. The van der Waals surface area contributed by atoms with Gasteiger partial charge in [-0.2, -0.15) is 23.0 Å². The van der Waals surface area contributed by atoms with Gasteiger partial charge < -0.3 is 5.73 Å². The lowest BCUT2D eigenvalue weighted by atomic mass is 9.94. The highest BCUT2D eigenvalue weighted by Crippen LogP contribution is 2.29. The Bertz CT molecular complexity index is 1180. The number of amides is 1. The fraction of sp³-hybridized carbons (Fsp3) is 0.429. The van der Waals surface area contributed by atoms with E-state index >= 15 is 0 Å². The van der Waals surface area contributed by atoms with Crippen LogP contribution < -0.4 is 11.2 Å². The summed E-state index contributed by atoms with van der Waals surface area (Å²) in [6.45, 7) is 0.329. The lowest BCUT2D eigenvalue weighted by Crippen LogP contribution is -2.34. The van der Waals surface area contributed by atoms with Crippen molar-refractivity contribution >= 4 is 17.9 Å². The van der Waals surface area contributed by atoms with E-state index in [4.69, 9.17) is 5.73 Å². The van der Waals surface area contributed by atoms with Crippen LogP contribution in [-0.4, -0.2) is 55.4 Å². The number of hydrogen-bond donors (Lipinski definition) is 2. The van der Waals surface area contributed by atoms with Gasteiger partial charge in [0.05, 0.1) is 17.5 Å². The van der Waals surface area contributed by atoms with Crippen LogP contribution in [0.4, 0.5) is 19.0 Å². The first-order chi connectivity index (χ1) is 16.7. The zero-order chi connectivity index (χ0) is 25.0. The number of carbonyl (C=O) groups excluding carboxylic acids is 1. The largest absolute Gasteiger partial charge is 0.416 e. The third kappa shape index (κ3) is 5.65. The number of hydrogen-bond acceptors (Lipinski definition) is 9. The smallest absolute Gasteiger partial charge is 0.378 e. The average molecular weight is 491 g/mol. The van der Waals surface area contributed by atoms with Crippen molar-refractivity contribution in [1.29, 1.82) is 0 Å². The van der Waals surface area contributed by atoms with E-state index in [0.29, 0.717) is 23.8 Å². The molecule has 1 aliphatic carbocycles. The van der Waals surface area contributed by atoms with Crippen molar-refractivity contribution in [2.24, 2.45) is 5.10 Å². The van der Waals surface area contributed by atoms with Crippen LogP contribution in [0, 0.1) is 0 Å². The van der Waals surface area contributed by atoms with E-state index in [1.54, 1.807) is 0 Å². The van der Waals surface area contributed by atoms with Crippen LogP contribution in [0.1, 0.15) is 59.4 Å². The topological polar surface area (TPSA) is 140 Å². The second-order valence-corrected chi connectivity index (χ2v) is 8.30. The number of halogens is 3. The molecule has 0 atom stereocenters. The number of nitrogens with one attached hydrogen (secondary N) is 1. The molecule has 4 rings (SSSR count). The molecule has 14 heteroatoms. The minimum Gasteiger partial charge on any atom is -0.378 e. The number of hydrazone groups is 1. The van der Waals surface area contributed by atoms with E-state index < -0.39 is 17.6 Å². The maximum Gasteiger partial charge on any atom is 0.416 e. The number of rotatable bonds is 7. The van der Waals surface area contributed by atoms with Gasteiger partial charge in [0.15, 0.2) is 5.69 Å². The van der Waals surface area contributed by atoms with Gasteiger partial charge in [0.2, 0.25) is 11.6 Å². The van der Waals surface area contributed by atoms with Crippen molar-refractivity contribution in [3.05, 3.63) is 46.8 Å². The van der Waals surface area contributed by atoms with E-state index in [1.807, 2.05) is 7.05 Å². The molecule has 0 spiro atoms. The van der Waals surface area contributed by atoms with Gasteiger partial charge in [-0.25, -0.2) is 10.1 Å². The SMILES string of the molecule is CN(Cc1c(C(=O)N/N=C/c2ccc(C(F)(F)F)cc2)nnn1-c1nonc1N)C1CCCCC1. The maximum absolute atomic E-state index is 12.9. The number of carbonyl (C=O) groups is 1. The summed E-state index contributed by atoms with van der Waals surface area (Å²) in [5.41, 5.74) is 8.18. The van der Waals surface area contributed by atoms with Crippen molar-refractivity contribution in [2.45, 2.75) is 50.9 Å². The number of anilines is 1. The minimum atomic E-state index is -4.43. The number of aromatic nitrogens is 5. The Hall–Kier alpha value is -3.81. The molecule has 0 saturated heterocycles. The van der Waals surface area contributed by atoms with Crippen molar-refractivity contribution in [3.63, 3.8) is 0 Å². The molecule has 1 fully saturated rings. The Balaban J connectivity index is 1.52. The number of alkyl halides is 3. The molecule has 186 valence electrons. The van der Waals surface area contributed by atoms with Crippen molar-refractivity contribution in [3.8, 4) is 5.82 Å². The zero-order valence-corrected chi connectivity index (χ0v) is 18.9. The molecule has 0 bridgehead atoms. The molecule has 0 unspecified atom stereocenters. The fourth-order valence-electron chi connectivity index (χ4n) is 3.99. The van der Waals surface area contributed by atoms with Crippen LogP contribution in [0.15, 0.2) is 34.0 Å². The summed E-state index contributed by atoms with van der Waals surface area (Å²) in [6, 6.07) is 4.71. The molecule has 0 radical (unpaired) electrons. The molecule has 2 heterocycles. The van der Waals surface area contributed by atoms with Crippen molar-refractivity contribution in [1.82, 2.24) is 35.6 Å². The number of nitrogen functional groups attached to an aromatic ring is 1. The third-order valence-corrected chi connectivity index (χ3v) is 5.89. The average Bonchev–Trinajstić information content (AvgIpc) is 3.45. The van der Waals surface area contributed by atoms with Gasteiger partial charge >= 0.3 is 6.18 Å². The van der Waals surface area contributed by atoms with Gasteiger partial charge in [0.25, 0.3) is 5.91 Å². The van der Waals surface area contributed by atoms with E-state index in [1.165, 1.54) is 29.4 Å². The van der Waals surface area contributed by atoms with Gasteiger partial charge in [0.1, 0.15) is 0 Å². The first-order valence-electron chi connectivity index (χ1n) is 11.0. The highest BCUT2D eigenvalue weighted by molar-refractivity contribution is 5.94. The summed E-state index contributed by atoms with van der Waals surface area (Å²) in [6.07, 6.45) is 2.37. The number of nitrogens with zero attached hydrogens (tertiary/aromatic N) is 7. The summed E-state index contributed by atoms with van der Waals surface area (Å²) in [5.74, 6) is -0.554. The Morgan fingerprint density at radius 2 is 1.97 bits per heavy atom. The Kier molecular flexibility index (Phi) is 7.10. The van der Waals surface area contributed by atoms with Crippen LogP contribution in [-0.2, 0) is 12.7 Å². The van der Waals surface area contributed by atoms with Gasteiger partial charge in [-0.15, -0.1) is 5.10 Å². The third-order valence-electron chi connectivity index (χ3n) is 5.89. The van der Waals surface area contributed by atoms with Crippen LogP contribution in [0.25, 0.3) is 5.82 Å². The lowest BCUT2D eigenvalue weighted by molar-refractivity contribution is -0.137. The van der Waals surface area contributed by atoms with Gasteiger partial charge in [0, 0.05) is 12.6 Å². The van der Waals surface area contributed by atoms with Gasteiger partial charge in [-0.1, -0.05) is 36.6 Å². The zero-order valence-electron chi connectivity index (χ0n) is 18.9. The molecule has 1 amide bonds. The minimum absolute atomic E-state index is 0.000344. The molecule has 3 aromatic rings. The fourth-order valence-corrected chi connectivity index (χ4v) is 3.99. The molecule has 35 heavy (non-hydrogen) atoms. The summed E-state index contributed by atoms with van der Waals surface area (Å²) >= 11 is 0. The van der Waals surface area contributed by atoms with Crippen LogP contribution in [0.5, 0.6) is 0 Å². The quantitative estimate of drug-likeness (QED) is 0.380. The van der Waals surface area contributed by atoms with E-state index in [2.05, 4.69) is 40.7 Å². The Morgan fingerprint density at radius 3 is 2.60 bits per heavy atom. The molecule has 2 aromatic heterocycles. The molecule has 1 aromatic carbocycles. The summed E-state index contributed by atoms with van der Waals surface area (Å²) in [7, 11) is 1.96. The first-order valence-corrected chi connectivity index (χ1v) is 11.0. The monoisotopic (exact) mass is 491 g/mol. The summed E-state index contributed by atoms with van der Waals surface area (Å²) < 4.78 is 44.1. The molecule has 3 N–H and O–H groups in total. The van der Waals surface area contributed by atoms with Crippen molar-refractivity contribution < 1.29 is 22.6 Å². The van der Waals surface area contributed by atoms with Crippen LogP contribution in [0.2, 0.25) is 0 Å². The van der Waals surface area contributed by atoms with Gasteiger partial charge in [-0.3, -0.25) is 9.69 Å². The first kappa shape index (κ1) is 24.3. The van der Waals surface area contributed by atoms with Crippen LogP contribution >= 0.6 is 0 Å². The lowest BCUT2D eigenvalue weighted by Gasteiger charge is -2.31.